The van der Waals surface area contributed by atoms with Crippen LogP contribution < -0.4 is 4.57 Å². The molecule has 25 heavy (non-hydrogen) atoms. The number of rotatable bonds is 18. The Balaban J connectivity index is 1.69. The van der Waals surface area contributed by atoms with Crippen molar-refractivity contribution in [1.29, 1.82) is 0 Å². The number of hydrogen-bond donors (Lipinski definition) is 0. The van der Waals surface area contributed by atoms with Crippen LogP contribution in [0.3, 0.4) is 0 Å². The fourth-order valence-electron chi connectivity index (χ4n) is 3.30. The van der Waals surface area contributed by atoms with Gasteiger partial charge in [0.2, 0.25) is 6.33 Å². The van der Waals surface area contributed by atoms with Crippen molar-refractivity contribution >= 4 is 11.8 Å². The topological polar surface area (TPSA) is 8.81 Å². The standard InChI is InChI=1S/C22H43N2S/c1-3-4-5-6-7-8-9-10-11-12-13-14-15-16-20-25-21-19-24-18-17-23(2)22-24/h17-18,22H,3-16,19-21H2,1-2H3/q+1. The molecule has 0 aliphatic rings. The van der Waals surface area contributed by atoms with Gasteiger partial charge in [-0.25, -0.2) is 9.13 Å². The third-order valence-corrected chi connectivity index (χ3v) is 6.01. The number of hydrogen-bond acceptors (Lipinski definition) is 1. The predicted octanol–water partition coefficient (Wildman–Crippen LogP) is 6.53. The van der Waals surface area contributed by atoms with Gasteiger partial charge in [-0.1, -0.05) is 90.4 Å². The van der Waals surface area contributed by atoms with E-state index in [4.69, 9.17) is 0 Å². The predicted molar refractivity (Wildman–Crippen MR) is 113 cm³/mol. The van der Waals surface area contributed by atoms with Crippen molar-refractivity contribution in [2.45, 2.75) is 103 Å². The van der Waals surface area contributed by atoms with Gasteiger partial charge in [0.1, 0.15) is 12.4 Å². The quantitative estimate of drug-likeness (QED) is 0.212. The highest BCUT2D eigenvalue weighted by Crippen LogP contribution is 2.14. The minimum Gasteiger partial charge on any atom is -0.240 e. The highest BCUT2D eigenvalue weighted by atomic mass is 32.2. The van der Waals surface area contributed by atoms with E-state index in [0.29, 0.717) is 0 Å². The van der Waals surface area contributed by atoms with Gasteiger partial charge in [0.05, 0.1) is 13.6 Å². The van der Waals surface area contributed by atoms with Crippen LogP contribution in [0.4, 0.5) is 0 Å². The highest BCUT2D eigenvalue weighted by Gasteiger charge is 1.99. The van der Waals surface area contributed by atoms with Gasteiger partial charge < -0.3 is 0 Å². The number of imidazole rings is 1. The molecule has 0 unspecified atom stereocenters. The Morgan fingerprint density at radius 3 is 1.72 bits per heavy atom. The maximum absolute atomic E-state index is 2.30. The van der Waals surface area contributed by atoms with Crippen LogP contribution >= 0.6 is 11.8 Å². The summed E-state index contributed by atoms with van der Waals surface area (Å²) in [5.41, 5.74) is 0. The summed E-state index contributed by atoms with van der Waals surface area (Å²) in [4.78, 5) is 0. The first-order chi connectivity index (χ1) is 12.3. The van der Waals surface area contributed by atoms with Crippen LogP contribution in [0.25, 0.3) is 0 Å². The smallest absolute Gasteiger partial charge is 0.240 e. The van der Waals surface area contributed by atoms with E-state index in [1.807, 2.05) is 0 Å². The lowest BCUT2D eigenvalue weighted by Crippen LogP contribution is -2.23. The molecule has 1 heterocycles. The van der Waals surface area contributed by atoms with Crippen LogP contribution in [0.15, 0.2) is 18.7 Å². The first kappa shape index (κ1) is 22.6. The molecular formula is C22H43N2S+. The number of aromatic nitrogens is 2. The van der Waals surface area contributed by atoms with Gasteiger partial charge in [0.15, 0.2) is 0 Å². The van der Waals surface area contributed by atoms with Gasteiger partial charge in [-0.05, 0) is 12.2 Å². The van der Waals surface area contributed by atoms with Crippen molar-refractivity contribution in [3.8, 4) is 0 Å². The van der Waals surface area contributed by atoms with E-state index < -0.39 is 0 Å². The van der Waals surface area contributed by atoms with Crippen molar-refractivity contribution in [1.82, 2.24) is 4.57 Å². The van der Waals surface area contributed by atoms with Crippen LogP contribution in [0.2, 0.25) is 0 Å². The molecule has 1 rings (SSSR count). The third-order valence-electron chi connectivity index (χ3n) is 4.96. The molecule has 0 amide bonds. The van der Waals surface area contributed by atoms with Crippen molar-refractivity contribution in [2.75, 3.05) is 11.5 Å². The Labute approximate surface area is 161 Å². The molecule has 0 aliphatic carbocycles. The van der Waals surface area contributed by atoms with Crippen molar-refractivity contribution in [2.24, 2.45) is 7.05 Å². The summed E-state index contributed by atoms with van der Waals surface area (Å²) in [5, 5.41) is 0. The summed E-state index contributed by atoms with van der Waals surface area (Å²) < 4.78 is 4.39. The number of unbranched alkanes of at least 4 members (excludes halogenated alkanes) is 13. The molecule has 0 fully saturated rings. The molecule has 0 N–H and O–H groups in total. The third kappa shape index (κ3) is 14.4. The Morgan fingerprint density at radius 1 is 0.720 bits per heavy atom. The van der Waals surface area contributed by atoms with Crippen molar-refractivity contribution in [3.63, 3.8) is 0 Å². The fourth-order valence-corrected chi connectivity index (χ4v) is 4.26. The van der Waals surface area contributed by atoms with E-state index in [2.05, 4.69) is 53.6 Å². The van der Waals surface area contributed by atoms with E-state index >= 15 is 0 Å². The molecule has 0 aliphatic heterocycles. The Hall–Kier alpha value is -0.440. The largest absolute Gasteiger partial charge is 0.243 e. The lowest BCUT2D eigenvalue weighted by molar-refractivity contribution is -0.671. The molecule has 0 radical (unpaired) electrons. The lowest BCUT2D eigenvalue weighted by atomic mass is 10.0. The maximum atomic E-state index is 2.30. The van der Waals surface area contributed by atoms with E-state index in [9.17, 15) is 0 Å². The van der Waals surface area contributed by atoms with E-state index in [1.54, 1.807) is 0 Å². The number of aryl methyl sites for hydroxylation is 2. The molecule has 0 bridgehead atoms. The molecule has 146 valence electrons. The van der Waals surface area contributed by atoms with Gasteiger partial charge in [0.25, 0.3) is 0 Å². The summed E-state index contributed by atoms with van der Waals surface area (Å²) in [6, 6.07) is 0. The second-order valence-corrected chi connectivity index (χ2v) is 8.75. The first-order valence-corrected chi connectivity index (χ1v) is 12.1. The zero-order valence-corrected chi connectivity index (χ0v) is 17.9. The van der Waals surface area contributed by atoms with Crippen LogP contribution in [0, 0.1) is 0 Å². The minimum atomic E-state index is 1.14. The van der Waals surface area contributed by atoms with Gasteiger partial charge in [0, 0.05) is 5.75 Å². The maximum Gasteiger partial charge on any atom is 0.243 e. The zero-order chi connectivity index (χ0) is 18.0. The van der Waals surface area contributed by atoms with Crippen LogP contribution in [-0.2, 0) is 13.6 Å². The minimum absolute atomic E-state index is 1.14. The highest BCUT2D eigenvalue weighted by molar-refractivity contribution is 7.99. The Bertz CT molecular complexity index is 389. The summed E-state index contributed by atoms with van der Waals surface area (Å²) >= 11 is 2.11. The van der Waals surface area contributed by atoms with Crippen LogP contribution in [0.5, 0.6) is 0 Å². The van der Waals surface area contributed by atoms with Crippen LogP contribution in [-0.4, -0.2) is 16.1 Å². The van der Waals surface area contributed by atoms with Gasteiger partial charge in [-0.2, -0.15) is 11.8 Å². The monoisotopic (exact) mass is 367 g/mol. The molecule has 1 aromatic rings. The summed E-state index contributed by atoms with van der Waals surface area (Å²) in [6.45, 7) is 3.44. The van der Waals surface area contributed by atoms with Crippen molar-refractivity contribution in [3.05, 3.63) is 18.7 Å². The Kier molecular flexibility index (Phi) is 15.4. The fraction of sp³-hybridized carbons (Fsp3) is 0.864. The van der Waals surface area contributed by atoms with E-state index in [1.165, 1.54) is 101 Å². The van der Waals surface area contributed by atoms with Gasteiger partial charge in [-0.15, -0.1) is 0 Å². The SMILES string of the molecule is CCCCCCCCCCCCCCCCSCCn1cc[n+](C)c1. The average Bonchev–Trinajstić information content (AvgIpc) is 3.03. The molecule has 3 heteroatoms. The van der Waals surface area contributed by atoms with Gasteiger partial charge in [-0.3, -0.25) is 0 Å². The Morgan fingerprint density at radius 2 is 1.24 bits per heavy atom. The zero-order valence-electron chi connectivity index (χ0n) is 17.1. The van der Waals surface area contributed by atoms with Crippen molar-refractivity contribution < 1.29 is 4.57 Å². The second-order valence-electron chi connectivity index (χ2n) is 7.53. The first-order valence-electron chi connectivity index (χ1n) is 10.9. The summed E-state index contributed by atoms with van der Waals surface area (Å²) in [5.74, 6) is 2.58. The molecule has 0 saturated carbocycles. The molecule has 0 atom stereocenters. The van der Waals surface area contributed by atoms with Crippen LogP contribution in [0.1, 0.15) is 96.8 Å². The number of nitrogens with zero attached hydrogens (tertiary/aromatic N) is 2. The lowest BCUT2D eigenvalue weighted by Gasteiger charge is -2.03. The summed E-state index contributed by atoms with van der Waals surface area (Å²) in [7, 11) is 2.08. The average molecular weight is 368 g/mol. The van der Waals surface area contributed by atoms with E-state index in [0.717, 1.165) is 6.54 Å². The second kappa shape index (κ2) is 17.0. The normalized spacial score (nSPS) is 11.3. The molecule has 0 spiro atoms. The summed E-state index contributed by atoms with van der Waals surface area (Å²) in [6.07, 6.45) is 26.7. The van der Waals surface area contributed by atoms with E-state index in [-0.39, 0.29) is 0 Å². The van der Waals surface area contributed by atoms with Gasteiger partial charge >= 0.3 is 0 Å². The molecular weight excluding hydrogens is 324 g/mol. The molecule has 0 saturated heterocycles. The molecule has 1 aromatic heterocycles. The molecule has 0 aromatic carbocycles. The molecule has 2 nitrogen and oxygen atoms in total. The number of thioether (sulfide) groups is 1.